The second-order valence-corrected chi connectivity index (χ2v) is 7.28. The Hall–Kier alpha value is -0.820. The molecule has 0 aromatic heterocycles. The SMILES string of the molecule is O=S(=O)(O)CC(F)(F)C(F)F.O=S(=O)(O)CC(F)(F)C(F)F.OCCCO. The van der Waals surface area contributed by atoms with Crippen LogP contribution < -0.4 is 0 Å². The van der Waals surface area contributed by atoms with Crippen LogP contribution in [0.15, 0.2) is 0 Å². The van der Waals surface area contributed by atoms with Gasteiger partial charge in [-0.2, -0.15) is 34.4 Å². The number of alkyl halides is 8. The van der Waals surface area contributed by atoms with Gasteiger partial charge >= 0.3 is 24.7 Å². The van der Waals surface area contributed by atoms with Crippen molar-refractivity contribution in [2.24, 2.45) is 0 Å². The lowest BCUT2D eigenvalue weighted by Crippen LogP contribution is -2.34. The lowest BCUT2D eigenvalue weighted by Gasteiger charge is -2.11. The molecule has 18 heteroatoms. The Kier molecular flexibility index (Phi) is 14.4. The lowest BCUT2D eigenvalue weighted by atomic mass is 10.4. The third-order valence-electron chi connectivity index (χ3n) is 1.70. The highest BCUT2D eigenvalue weighted by Crippen LogP contribution is 2.24. The molecule has 0 unspecified atom stereocenters. The van der Waals surface area contributed by atoms with Gasteiger partial charge < -0.3 is 10.2 Å². The minimum absolute atomic E-state index is 0.0938. The molecule has 0 aliphatic carbocycles. The van der Waals surface area contributed by atoms with E-state index in [1.165, 1.54) is 0 Å². The average Bonchev–Trinajstić information content (AvgIpc) is 2.35. The van der Waals surface area contributed by atoms with Crippen molar-refractivity contribution in [3.63, 3.8) is 0 Å². The Morgan fingerprint density at radius 3 is 0.926 bits per heavy atom. The molecule has 0 aromatic rings. The molecule has 4 N–H and O–H groups in total. The van der Waals surface area contributed by atoms with E-state index in [9.17, 15) is 52.0 Å². The van der Waals surface area contributed by atoms with Crippen LogP contribution in [0.25, 0.3) is 0 Å². The molecule has 0 aromatic carbocycles. The molecule has 0 heterocycles. The second-order valence-electron chi connectivity index (χ2n) is 4.38. The Morgan fingerprint density at radius 1 is 0.667 bits per heavy atom. The van der Waals surface area contributed by atoms with Gasteiger partial charge in [0.05, 0.1) is 0 Å². The number of rotatable bonds is 8. The molecule has 168 valence electrons. The zero-order valence-corrected chi connectivity index (χ0v) is 14.6. The maximum atomic E-state index is 11.8. The molecule has 0 rings (SSSR count). The predicted molar refractivity (Wildman–Crippen MR) is 73.5 cm³/mol. The fourth-order valence-electron chi connectivity index (χ4n) is 0.683. The number of hydrogen-bond donors (Lipinski definition) is 4. The molecule has 0 radical (unpaired) electrons. The fraction of sp³-hybridized carbons (Fsp3) is 1.00. The molecular formula is C9H16F8O8S2. The van der Waals surface area contributed by atoms with E-state index in [0.717, 1.165) is 0 Å². The van der Waals surface area contributed by atoms with Crippen molar-refractivity contribution in [1.29, 1.82) is 0 Å². The van der Waals surface area contributed by atoms with Crippen LogP contribution in [0.1, 0.15) is 6.42 Å². The molecule has 0 aliphatic heterocycles. The van der Waals surface area contributed by atoms with E-state index in [1.807, 2.05) is 0 Å². The van der Waals surface area contributed by atoms with E-state index < -0.39 is 56.4 Å². The fourth-order valence-corrected chi connectivity index (χ4v) is 1.91. The number of aliphatic hydroxyl groups excluding tert-OH is 2. The highest BCUT2D eigenvalue weighted by molar-refractivity contribution is 7.86. The van der Waals surface area contributed by atoms with E-state index in [0.29, 0.717) is 6.42 Å². The van der Waals surface area contributed by atoms with Crippen LogP contribution in [-0.4, -0.2) is 85.6 Å². The Bertz CT molecular complexity index is 541. The van der Waals surface area contributed by atoms with Gasteiger partial charge in [0, 0.05) is 13.2 Å². The van der Waals surface area contributed by atoms with Crippen LogP contribution in [0.5, 0.6) is 0 Å². The van der Waals surface area contributed by atoms with Gasteiger partial charge in [0.1, 0.15) is 11.5 Å². The normalized spacial score (nSPS) is 13.0. The average molecular weight is 468 g/mol. The summed E-state index contributed by atoms with van der Waals surface area (Å²) in [6.45, 7) is 0.188. The molecule has 0 aliphatic rings. The highest BCUT2D eigenvalue weighted by atomic mass is 32.2. The highest BCUT2D eigenvalue weighted by Gasteiger charge is 2.45. The summed E-state index contributed by atoms with van der Waals surface area (Å²) < 4.78 is 146. The topological polar surface area (TPSA) is 149 Å². The molecule has 0 amide bonds. The van der Waals surface area contributed by atoms with E-state index in [1.54, 1.807) is 0 Å². The first-order chi connectivity index (χ1) is 11.7. The zero-order valence-electron chi connectivity index (χ0n) is 13.0. The van der Waals surface area contributed by atoms with Crippen LogP contribution >= 0.6 is 0 Å². The van der Waals surface area contributed by atoms with E-state index >= 15 is 0 Å². The number of aliphatic hydroxyl groups is 2. The third kappa shape index (κ3) is 21.3. The Morgan fingerprint density at radius 2 is 0.889 bits per heavy atom. The molecular weight excluding hydrogens is 452 g/mol. The van der Waals surface area contributed by atoms with Crippen molar-refractivity contribution in [2.45, 2.75) is 31.1 Å². The van der Waals surface area contributed by atoms with Crippen LogP contribution in [0.2, 0.25) is 0 Å². The van der Waals surface area contributed by atoms with Gasteiger partial charge in [-0.1, -0.05) is 0 Å². The first-order valence-corrected chi connectivity index (χ1v) is 9.37. The standard InChI is InChI=1S/2C3H4F4O3S.C3H8O2/c2*4-2(5)3(6,7)1-11(8,9)10;4-2-1-3-5/h2*2H,1H2,(H,8,9,10);4-5H,1-3H2. The van der Waals surface area contributed by atoms with Gasteiger partial charge in [-0.15, -0.1) is 0 Å². The van der Waals surface area contributed by atoms with Gasteiger partial charge in [0.25, 0.3) is 20.2 Å². The Balaban J connectivity index is -0.000000344. The quantitative estimate of drug-likeness (QED) is 0.303. The summed E-state index contributed by atoms with van der Waals surface area (Å²) in [6, 6.07) is 0. The lowest BCUT2D eigenvalue weighted by molar-refractivity contribution is -0.111. The van der Waals surface area contributed by atoms with Crippen LogP contribution in [0, 0.1) is 0 Å². The molecule has 0 saturated heterocycles. The first-order valence-electron chi connectivity index (χ1n) is 6.15. The second kappa shape index (κ2) is 12.6. The molecule has 0 spiro atoms. The molecule has 0 atom stereocenters. The van der Waals surface area contributed by atoms with Crippen molar-refractivity contribution >= 4 is 20.2 Å². The van der Waals surface area contributed by atoms with Crippen molar-refractivity contribution < 1.29 is 71.3 Å². The number of hydrogen-bond acceptors (Lipinski definition) is 6. The molecule has 0 fully saturated rings. The summed E-state index contributed by atoms with van der Waals surface area (Å²) in [4.78, 5) is 0. The monoisotopic (exact) mass is 468 g/mol. The molecule has 27 heavy (non-hydrogen) atoms. The molecule has 0 bridgehead atoms. The van der Waals surface area contributed by atoms with Gasteiger partial charge in [-0.25, -0.2) is 17.6 Å². The van der Waals surface area contributed by atoms with Crippen LogP contribution in [0.3, 0.4) is 0 Å². The first kappa shape index (κ1) is 30.9. The van der Waals surface area contributed by atoms with Crippen LogP contribution in [0.4, 0.5) is 35.1 Å². The summed E-state index contributed by atoms with van der Waals surface area (Å²) >= 11 is 0. The summed E-state index contributed by atoms with van der Waals surface area (Å²) in [7, 11) is -10.1. The summed E-state index contributed by atoms with van der Waals surface area (Å²) in [6.07, 6.45) is -7.69. The molecule has 8 nitrogen and oxygen atoms in total. The summed E-state index contributed by atoms with van der Waals surface area (Å²) in [5, 5.41) is 15.8. The number of halogens is 8. The van der Waals surface area contributed by atoms with E-state index in [4.69, 9.17) is 19.3 Å². The molecule has 0 saturated carbocycles. The van der Waals surface area contributed by atoms with Crippen molar-refractivity contribution in [3.8, 4) is 0 Å². The summed E-state index contributed by atoms with van der Waals surface area (Å²) in [5.74, 6) is -13.9. The largest absolute Gasteiger partial charge is 0.396 e. The smallest absolute Gasteiger partial charge is 0.323 e. The van der Waals surface area contributed by atoms with E-state index in [2.05, 4.69) is 0 Å². The minimum atomic E-state index is -5.06. The van der Waals surface area contributed by atoms with Crippen molar-refractivity contribution in [2.75, 3.05) is 24.7 Å². The summed E-state index contributed by atoms with van der Waals surface area (Å²) in [5.41, 5.74) is 0. The van der Waals surface area contributed by atoms with Gasteiger partial charge in [-0.05, 0) is 6.42 Å². The Labute approximate surface area is 148 Å². The zero-order chi connectivity index (χ0) is 22.7. The van der Waals surface area contributed by atoms with Crippen LogP contribution in [-0.2, 0) is 20.2 Å². The van der Waals surface area contributed by atoms with E-state index in [-0.39, 0.29) is 13.2 Å². The predicted octanol–water partition coefficient (Wildman–Crippen LogP) is 0.910. The third-order valence-corrected chi connectivity index (χ3v) is 3.20. The van der Waals surface area contributed by atoms with Crippen molar-refractivity contribution in [3.05, 3.63) is 0 Å². The van der Waals surface area contributed by atoms with Gasteiger partial charge in [0.15, 0.2) is 0 Å². The van der Waals surface area contributed by atoms with Gasteiger partial charge in [-0.3, -0.25) is 9.11 Å². The van der Waals surface area contributed by atoms with Gasteiger partial charge in [0.2, 0.25) is 0 Å². The minimum Gasteiger partial charge on any atom is -0.396 e. The maximum absolute atomic E-state index is 11.8. The maximum Gasteiger partial charge on any atom is 0.323 e. The van der Waals surface area contributed by atoms with Crippen molar-refractivity contribution in [1.82, 2.24) is 0 Å².